The van der Waals surface area contributed by atoms with Crippen molar-refractivity contribution in [2.24, 2.45) is 5.73 Å². The number of rotatable bonds is 7. The number of benzene rings is 1. The number of unbranched alkanes of at least 4 members (excludes halogenated alkanes) is 2. The number of nitrogens with zero attached hydrogens (tertiary/aromatic N) is 1. The van der Waals surface area contributed by atoms with Crippen LogP contribution in [0.4, 0.5) is 5.69 Å². The Balaban J connectivity index is 2.44. The Labute approximate surface area is 99.5 Å². The van der Waals surface area contributed by atoms with Crippen molar-refractivity contribution in [3.8, 4) is 0 Å². The van der Waals surface area contributed by atoms with Crippen LogP contribution in [0.15, 0.2) is 24.3 Å². The van der Waals surface area contributed by atoms with Crippen molar-refractivity contribution in [1.29, 1.82) is 0 Å². The minimum atomic E-state index is 0.816. The number of anilines is 1. The lowest BCUT2D eigenvalue weighted by molar-refractivity contribution is 0.664. The molecule has 0 aliphatic heterocycles. The highest BCUT2D eigenvalue weighted by molar-refractivity contribution is 5.47. The lowest BCUT2D eigenvalue weighted by Gasteiger charge is -2.23. The summed E-state index contributed by atoms with van der Waals surface area (Å²) in [5.74, 6) is 0. The van der Waals surface area contributed by atoms with Crippen molar-refractivity contribution in [2.45, 2.75) is 33.1 Å². The highest BCUT2D eigenvalue weighted by Crippen LogP contribution is 2.15. The Morgan fingerprint density at radius 1 is 1.06 bits per heavy atom. The van der Waals surface area contributed by atoms with Gasteiger partial charge in [-0.1, -0.05) is 24.1 Å². The first-order valence-electron chi connectivity index (χ1n) is 6.29. The van der Waals surface area contributed by atoms with E-state index < -0.39 is 0 Å². The maximum absolute atomic E-state index is 5.49. The molecule has 0 saturated carbocycles. The van der Waals surface area contributed by atoms with Crippen LogP contribution in [-0.2, 0) is 0 Å². The molecule has 0 spiro atoms. The van der Waals surface area contributed by atoms with Crippen LogP contribution < -0.4 is 10.6 Å². The van der Waals surface area contributed by atoms with Gasteiger partial charge in [0.05, 0.1) is 0 Å². The second-order valence-electron chi connectivity index (χ2n) is 4.26. The third kappa shape index (κ3) is 4.23. The molecule has 0 aliphatic rings. The fourth-order valence-corrected chi connectivity index (χ4v) is 1.85. The molecule has 0 bridgehead atoms. The zero-order valence-corrected chi connectivity index (χ0v) is 10.6. The second-order valence-corrected chi connectivity index (χ2v) is 4.26. The van der Waals surface area contributed by atoms with Gasteiger partial charge in [0.15, 0.2) is 0 Å². The normalized spacial score (nSPS) is 10.4. The summed E-state index contributed by atoms with van der Waals surface area (Å²) in [6.45, 7) is 7.37. The molecule has 0 amide bonds. The van der Waals surface area contributed by atoms with Gasteiger partial charge in [0, 0.05) is 18.8 Å². The van der Waals surface area contributed by atoms with E-state index in [2.05, 4.69) is 43.0 Å². The molecule has 1 aromatic carbocycles. The molecule has 1 rings (SSSR count). The summed E-state index contributed by atoms with van der Waals surface area (Å²) >= 11 is 0. The first-order chi connectivity index (χ1) is 7.77. The van der Waals surface area contributed by atoms with E-state index in [1.54, 1.807) is 0 Å². The summed E-state index contributed by atoms with van der Waals surface area (Å²) in [5.41, 5.74) is 8.15. The third-order valence-corrected chi connectivity index (χ3v) is 2.91. The van der Waals surface area contributed by atoms with Crippen LogP contribution in [0.25, 0.3) is 0 Å². The number of hydrogen-bond donors (Lipinski definition) is 1. The molecule has 0 heterocycles. The summed E-state index contributed by atoms with van der Waals surface area (Å²) in [7, 11) is 0. The molecule has 0 saturated heterocycles. The van der Waals surface area contributed by atoms with Gasteiger partial charge in [0.1, 0.15) is 0 Å². The standard InChI is InChI=1S/C14H24N2/c1-3-16(12-6-4-5-11-15)14-9-7-13(2)8-10-14/h7-10H,3-6,11-12,15H2,1-2H3. The van der Waals surface area contributed by atoms with Crippen LogP contribution in [-0.4, -0.2) is 19.6 Å². The Morgan fingerprint density at radius 2 is 1.75 bits per heavy atom. The molecule has 2 heteroatoms. The van der Waals surface area contributed by atoms with E-state index in [9.17, 15) is 0 Å². The van der Waals surface area contributed by atoms with Crippen molar-refractivity contribution >= 4 is 5.69 Å². The van der Waals surface area contributed by atoms with E-state index in [0.29, 0.717) is 0 Å². The lowest BCUT2D eigenvalue weighted by atomic mass is 10.2. The fourth-order valence-electron chi connectivity index (χ4n) is 1.85. The van der Waals surface area contributed by atoms with Gasteiger partial charge in [-0.15, -0.1) is 0 Å². The molecule has 90 valence electrons. The highest BCUT2D eigenvalue weighted by atomic mass is 15.1. The summed E-state index contributed by atoms with van der Waals surface area (Å²) in [6, 6.07) is 8.78. The Kier molecular flexibility index (Phi) is 5.94. The van der Waals surface area contributed by atoms with Crippen molar-refractivity contribution in [3.05, 3.63) is 29.8 Å². The van der Waals surface area contributed by atoms with Gasteiger partial charge < -0.3 is 10.6 Å². The molecule has 2 nitrogen and oxygen atoms in total. The Bertz CT molecular complexity index is 279. The van der Waals surface area contributed by atoms with E-state index in [1.807, 2.05) is 0 Å². The van der Waals surface area contributed by atoms with Crippen LogP contribution in [0.3, 0.4) is 0 Å². The predicted molar refractivity (Wildman–Crippen MR) is 72.0 cm³/mol. The zero-order chi connectivity index (χ0) is 11.8. The van der Waals surface area contributed by atoms with Gasteiger partial charge in [0.25, 0.3) is 0 Å². The average molecular weight is 220 g/mol. The fraction of sp³-hybridized carbons (Fsp3) is 0.571. The van der Waals surface area contributed by atoms with Gasteiger partial charge in [-0.3, -0.25) is 0 Å². The van der Waals surface area contributed by atoms with Gasteiger partial charge in [-0.25, -0.2) is 0 Å². The van der Waals surface area contributed by atoms with Crippen LogP contribution in [0.1, 0.15) is 31.7 Å². The molecular weight excluding hydrogens is 196 g/mol. The van der Waals surface area contributed by atoms with Crippen molar-refractivity contribution in [1.82, 2.24) is 0 Å². The predicted octanol–water partition coefficient (Wildman–Crippen LogP) is 2.95. The first-order valence-corrected chi connectivity index (χ1v) is 6.29. The Hall–Kier alpha value is -1.02. The first kappa shape index (κ1) is 13.0. The lowest BCUT2D eigenvalue weighted by Crippen LogP contribution is -2.23. The SMILES string of the molecule is CCN(CCCCCN)c1ccc(C)cc1. The number of hydrogen-bond acceptors (Lipinski definition) is 2. The van der Waals surface area contributed by atoms with Gasteiger partial charge in [-0.05, 0) is 45.4 Å². The van der Waals surface area contributed by atoms with Crippen LogP contribution in [0.2, 0.25) is 0 Å². The van der Waals surface area contributed by atoms with Gasteiger partial charge in [-0.2, -0.15) is 0 Å². The van der Waals surface area contributed by atoms with E-state index >= 15 is 0 Å². The summed E-state index contributed by atoms with van der Waals surface area (Å²) in [4.78, 5) is 2.43. The topological polar surface area (TPSA) is 29.3 Å². The molecule has 0 radical (unpaired) electrons. The van der Waals surface area contributed by atoms with E-state index in [1.165, 1.54) is 24.1 Å². The molecule has 0 unspecified atom stereocenters. The summed E-state index contributed by atoms with van der Waals surface area (Å²) < 4.78 is 0. The highest BCUT2D eigenvalue weighted by Gasteiger charge is 2.02. The van der Waals surface area contributed by atoms with Crippen LogP contribution >= 0.6 is 0 Å². The number of nitrogens with two attached hydrogens (primary N) is 1. The van der Waals surface area contributed by atoms with Crippen molar-refractivity contribution in [2.75, 3.05) is 24.5 Å². The number of aryl methyl sites for hydroxylation is 1. The molecule has 0 atom stereocenters. The largest absolute Gasteiger partial charge is 0.372 e. The monoisotopic (exact) mass is 220 g/mol. The summed E-state index contributed by atoms with van der Waals surface area (Å²) in [5, 5.41) is 0. The zero-order valence-electron chi connectivity index (χ0n) is 10.6. The van der Waals surface area contributed by atoms with Crippen molar-refractivity contribution in [3.63, 3.8) is 0 Å². The van der Waals surface area contributed by atoms with Gasteiger partial charge in [0.2, 0.25) is 0 Å². The maximum Gasteiger partial charge on any atom is 0.0366 e. The molecule has 1 aromatic rings. The summed E-state index contributed by atoms with van der Waals surface area (Å²) in [6.07, 6.45) is 3.61. The second kappa shape index (κ2) is 7.29. The van der Waals surface area contributed by atoms with E-state index in [-0.39, 0.29) is 0 Å². The van der Waals surface area contributed by atoms with Crippen LogP contribution in [0, 0.1) is 6.92 Å². The van der Waals surface area contributed by atoms with Gasteiger partial charge >= 0.3 is 0 Å². The molecule has 16 heavy (non-hydrogen) atoms. The van der Waals surface area contributed by atoms with Crippen LogP contribution in [0.5, 0.6) is 0 Å². The minimum Gasteiger partial charge on any atom is -0.372 e. The molecule has 0 fully saturated rings. The van der Waals surface area contributed by atoms with E-state index in [4.69, 9.17) is 5.73 Å². The molecular formula is C14H24N2. The smallest absolute Gasteiger partial charge is 0.0366 e. The average Bonchev–Trinajstić information content (AvgIpc) is 2.31. The van der Waals surface area contributed by atoms with Crippen molar-refractivity contribution < 1.29 is 0 Å². The van der Waals surface area contributed by atoms with E-state index in [0.717, 1.165) is 26.1 Å². The molecule has 0 aliphatic carbocycles. The minimum absolute atomic E-state index is 0.816. The molecule has 2 N–H and O–H groups in total. The quantitative estimate of drug-likeness (QED) is 0.716. The third-order valence-electron chi connectivity index (χ3n) is 2.91. The molecule has 0 aromatic heterocycles. The maximum atomic E-state index is 5.49. The Morgan fingerprint density at radius 3 is 2.31 bits per heavy atom.